The minimum Gasteiger partial charge on any atom is -0.423 e. The summed E-state index contributed by atoms with van der Waals surface area (Å²) in [5.41, 5.74) is 0.951. The molecule has 0 aliphatic carbocycles. The summed E-state index contributed by atoms with van der Waals surface area (Å²) in [5.74, 6) is -0.707. The molecular formula is C20H14N2O5. The van der Waals surface area contributed by atoms with E-state index in [1.165, 1.54) is 30.3 Å². The maximum atomic E-state index is 12.1. The lowest BCUT2D eigenvalue weighted by atomic mass is 10.2. The van der Waals surface area contributed by atoms with Gasteiger partial charge >= 0.3 is 5.97 Å². The average molecular weight is 362 g/mol. The van der Waals surface area contributed by atoms with E-state index in [0.29, 0.717) is 11.3 Å². The zero-order chi connectivity index (χ0) is 19.2. The maximum absolute atomic E-state index is 12.1. The second kappa shape index (κ2) is 7.92. The first-order valence-electron chi connectivity index (χ1n) is 7.96. The Kier molecular flexibility index (Phi) is 5.22. The standard InChI is InChI=1S/C20H14N2O5/c23-19(14-5-2-1-3-6-14)21-16-9-11-18(12-10-16)27-20(24)15-7-4-8-17(13-15)22(25)26/h1-13H,(H,21,23). The van der Waals surface area contributed by atoms with Crippen molar-refractivity contribution in [3.05, 3.63) is 100 Å². The van der Waals surface area contributed by atoms with Gasteiger partial charge in [-0.2, -0.15) is 0 Å². The van der Waals surface area contributed by atoms with Gasteiger partial charge in [0, 0.05) is 23.4 Å². The van der Waals surface area contributed by atoms with Crippen molar-refractivity contribution in [1.82, 2.24) is 0 Å². The van der Waals surface area contributed by atoms with E-state index in [9.17, 15) is 19.7 Å². The summed E-state index contributed by atoms with van der Waals surface area (Å²) in [6, 6.07) is 20.3. The first-order chi connectivity index (χ1) is 13.0. The van der Waals surface area contributed by atoms with Crippen LogP contribution in [0.2, 0.25) is 0 Å². The topological polar surface area (TPSA) is 98.5 Å². The smallest absolute Gasteiger partial charge is 0.343 e. The number of amides is 1. The van der Waals surface area contributed by atoms with Gasteiger partial charge in [0.15, 0.2) is 0 Å². The van der Waals surface area contributed by atoms with Crippen LogP contribution in [0.25, 0.3) is 0 Å². The van der Waals surface area contributed by atoms with Gasteiger partial charge in [-0.3, -0.25) is 14.9 Å². The number of nitro groups is 1. The van der Waals surface area contributed by atoms with Crippen LogP contribution in [0.15, 0.2) is 78.9 Å². The number of non-ortho nitro benzene ring substituents is 1. The number of esters is 1. The summed E-state index contributed by atoms with van der Waals surface area (Å²) in [6.45, 7) is 0. The molecule has 0 saturated heterocycles. The van der Waals surface area contributed by atoms with E-state index < -0.39 is 10.9 Å². The Morgan fingerprint density at radius 1 is 0.852 bits per heavy atom. The number of ether oxygens (including phenoxy) is 1. The zero-order valence-corrected chi connectivity index (χ0v) is 14.0. The number of benzene rings is 3. The summed E-state index contributed by atoms with van der Waals surface area (Å²) in [7, 11) is 0. The summed E-state index contributed by atoms with van der Waals surface area (Å²) in [5, 5.41) is 13.5. The molecule has 1 N–H and O–H groups in total. The van der Waals surface area contributed by atoms with E-state index in [-0.39, 0.29) is 22.9 Å². The van der Waals surface area contributed by atoms with Crippen LogP contribution in [-0.2, 0) is 0 Å². The molecule has 0 saturated carbocycles. The lowest BCUT2D eigenvalue weighted by Gasteiger charge is -2.07. The van der Waals surface area contributed by atoms with E-state index in [1.807, 2.05) is 6.07 Å². The van der Waals surface area contributed by atoms with Crippen molar-refractivity contribution in [2.24, 2.45) is 0 Å². The van der Waals surface area contributed by atoms with E-state index in [0.717, 1.165) is 6.07 Å². The van der Waals surface area contributed by atoms with Crippen molar-refractivity contribution in [1.29, 1.82) is 0 Å². The molecule has 3 rings (SSSR count). The summed E-state index contributed by atoms with van der Waals surface area (Å²) in [6.07, 6.45) is 0. The molecule has 0 fully saturated rings. The van der Waals surface area contributed by atoms with Gasteiger partial charge in [0.2, 0.25) is 0 Å². The van der Waals surface area contributed by atoms with Crippen molar-refractivity contribution < 1.29 is 19.2 Å². The summed E-state index contributed by atoms with van der Waals surface area (Å²) >= 11 is 0. The van der Waals surface area contributed by atoms with Gasteiger partial charge in [0.05, 0.1) is 10.5 Å². The predicted octanol–water partition coefficient (Wildman–Crippen LogP) is 4.07. The molecule has 0 heterocycles. The molecule has 27 heavy (non-hydrogen) atoms. The molecule has 134 valence electrons. The Bertz CT molecular complexity index is 985. The second-order valence-corrected chi connectivity index (χ2v) is 5.54. The van der Waals surface area contributed by atoms with Crippen LogP contribution in [-0.4, -0.2) is 16.8 Å². The van der Waals surface area contributed by atoms with Crippen LogP contribution >= 0.6 is 0 Å². The van der Waals surface area contributed by atoms with Crippen LogP contribution in [0.3, 0.4) is 0 Å². The van der Waals surface area contributed by atoms with Crippen molar-refractivity contribution >= 4 is 23.3 Å². The molecule has 0 radical (unpaired) electrons. The van der Waals surface area contributed by atoms with E-state index >= 15 is 0 Å². The van der Waals surface area contributed by atoms with E-state index in [2.05, 4.69) is 5.32 Å². The number of hydrogen-bond donors (Lipinski definition) is 1. The molecule has 7 nitrogen and oxygen atoms in total. The Labute approximate surface area is 154 Å². The third-order valence-electron chi connectivity index (χ3n) is 3.65. The number of anilines is 1. The average Bonchev–Trinajstić information content (AvgIpc) is 2.70. The highest BCUT2D eigenvalue weighted by atomic mass is 16.6. The fourth-order valence-electron chi connectivity index (χ4n) is 2.31. The van der Waals surface area contributed by atoms with Crippen molar-refractivity contribution in [2.45, 2.75) is 0 Å². The second-order valence-electron chi connectivity index (χ2n) is 5.54. The number of nitro benzene ring substituents is 1. The van der Waals surface area contributed by atoms with Gasteiger partial charge in [-0.25, -0.2) is 4.79 Å². The first kappa shape index (κ1) is 17.8. The number of carbonyl (C=O) groups excluding carboxylic acids is 2. The van der Waals surface area contributed by atoms with Crippen LogP contribution < -0.4 is 10.1 Å². The van der Waals surface area contributed by atoms with Crippen LogP contribution in [0.5, 0.6) is 5.75 Å². The van der Waals surface area contributed by atoms with Gasteiger partial charge in [-0.05, 0) is 42.5 Å². The van der Waals surface area contributed by atoms with Gasteiger partial charge in [0.1, 0.15) is 5.75 Å². The summed E-state index contributed by atoms with van der Waals surface area (Å²) < 4.78 is 5.21. The molecule has 7 heteroatoms. The third kappa shape index (κ3) is 4.55. The lowest BCUT2D eigenvalue weighted by molar-refractivity contribution is -0.384. The highest BCUT2D eigenvalue weighted by molar-refractivity contribution is 6.04. The van der Waals surface area contributed by atoms with Gasteiger partial charge in [-0.15, -0.1) is 0 Å². The van der Waals surface area contributed by atoms with E-state index in [1.54, 1.807) is 36.4 Å². The molecule has 0 aromatic heterocycles. The molecule has 3 aromatic carbocycles. The number of nitrogens with one attached hydrogen (secondary N) is 1. The van der Waals surface area contributed by atoms with Crippen LogP contribution in [0, 0.1) is 10.1 Å². The Hall–Kier alpha value is -4.00. The van der Waals surface area contributed by atoms with Gasteiger partial charge in [-0.1, -0.05) is 24.3 Å². The maximum Gasteiger partial charge on any atom is 0.343 e. The third-order valence-corrected chi connectivity index (χ3v) is 3.65. The SMILES string of the molecule is O=C(Nc1ccc(OC(=O)c2cccc([N+](=O)[O-])c2)cc1)c1ccccc1. The molecular weight excluding hydrogens is 348 g/mol. The van der Waals surface area contributed by atoms with E-state index in [4.69, 9.17) is 4.74 Å². The predicted molar refractivity (Wildman–Crippen MR) is 98.9 cm³/mol. The first-order valence-corrected chi connectivity index (χ1v) is 7.96. The van der Waals surface area contributed by atoms with Gasteiger partial charge < -0.3 is 10.1 Å². The molecule has 0 atom stereocenters. The highest BCUT2D eigenvalue weighted by Crippen LogP contribution is 2.19. The molecule has 0 aliphatic rings. The molecule has 1 amide bonds. The zero-order valence-electron chi connectivity index (χ0n) is 14.0. The highest BCUT2D eigenvalue weighted by Gasteiger charge is 2.13. The molecule has 0 aliphatic heterocycles. The minimum atomic E-state index is -0.709. The molecule has 0 spiro atoms. The molecule has 0 unspecified atom stereocenters. The Morgan fingerprint density at radius 3 is 2.19 bits per heavy atom. The Balaban J connectivity index is 1.65. The lowest BCUT2D eigenvalue weighted by Crippen LogP contribution is -2.12. The molecule has 3 aromatic rings. The minimum absolute atomic E-state index is 0.0747. The van der Waals surface area contributed by atoms with Crippen molar-refractivity contribution in [2.75, 3.05) is 5.32 Å². The fraction of sp³-hybridized carbons (Fsp3) is 0. The van der Waals surface area contributed by atoms with Crippen LogP contribution in [0.4, 0.5) is 11.4 Å². The number of nitrogens with zero attached hydrogens (tertiary/aromatic N) is 1. The normalized spacial score (nSPS) is 10.1. The van der Waals surface area contributed by atoms with Crippen LogP contribution in [0.1, 0.15) is 20.7 Å². The monoisotopic (exact) mass is 362 g/mol. The number of hydrogen-bond acceptors (Lipinski definition) is 5. The molecule has 0 bridgehead atoms. The van der Waals surface area contributed by atoms with Gasteiger partial charge in [0.25, 0.3) is 11.6 Å². The fourth-order valence-corrected chi connectivity index (χ4v) is 2.31. The number of carbonyl (C=O) groups is 2. The quantitative estimate of drug-likeness (QED) is 0.319. The number of rotatable bonds is 5. The van der Waals surface area contributed by atoms with Crippen molar-refractivity contribution in [3.8, 4) is 5.75 Å². The summed E-state index contributed by atoms with van der Waals surface area (Å²) in [4.78, 5) is 34.4. The van der Waals surface area contributed by atoms with Crippen molar-refractivity contribution in [3.63, 3.8) is 0 Å². The largest absolute Gasteiger partial charge is 0.423 e. The Morgan fingerprint density at radius 2 is 1.52 bits per heavy atom.